The summed E-state index contributed by atoms with van der Waals surface area (Å²) >= 11 is 0. The van der Waals surface area contributed by atoms with E-state index in [9.17, 15) is 19.1 Å². The van der Waals surface area contributed by atoms with Gasteiger partial charge in [0.1, 0.15) is 5.82 Å². The van der Waals surface area contributed by atoms with Crippen molar-refractivity contribution < 1.29 is 19.1 Å². The molecule has 0 aromatic heterocycles. The second-order valence-electron chi connectivity index (χ2n) is 4.42. The third-order valence-corrected chi connectivity index (χ3v) is 3.13. The molecule has 18 heavy (non-hydrogen) atoms. The predicted octanol–water partition coefficient (Wildman–Crippen LogP) is 0.428. The van der Waals surface area contributed by atoms with Crippen molar-refractivity contribution in [3.8, 4) is 0 Å². The summed E-state index contributed by atoms with van der Waals surface area (Å²) in [5, 5.41) is 10.8. The van der Waals surface area contributed by atoms with Gasteiger partial charge in [0.05, 0.1) is 0 Å². The quantitative estimate of drug-likeness (QED) is 0.764. The number of amides is 1. The van der Waals surface area contributed by atoms with E-state index < -0.39 is 17.7 Å². The molecule has 0 aliphatic carbocycles. The molecule has 1 aliphatic rings. The van der Waals surface area contributed by atoms with Gasteiger partial charge in [0.2, 0.25) is 0 Å². The highest BCUT2D eigenvalue weighted by molar-refractivity contribution is 5.94. The first-order valence-corrected chi connectivity index (χ1v) is 5.83. The maximum atomic E-state index is 12.7. The number of carboxylic acids is 1. The molecule has 0 N–H and O–H groups in total. The first kappa shape index (κ1) is 12.5. The fourth-order valence-corrected chi connectivity index (χ4v) is 2.13. The Morgan fingerprint density at radius 3 is 2.56 bits per heavy atom. The van der Waals surface area contributed by atoms with Crippen LogP contribution in [0.15, 0.2) is 24.3 Å². The largest absolute Gasteiger partial charge is 0.550 e. The first-order valence-electron chi connectivity index (χ1n) is 5.83. The standard InChI is InChI=1S/C13H14FNO3/c14-11-5-3-9(4-6-11)12(16)15-7-1-2-10(8-15)13(17)18/h3-6,10H,1-2,7-8H2,(H,17,18)/p-1/t10-/m1/s1. The molecule has 1 amide bonds. The maximum Gasteiger partial charge on any atom is 0.253 e. The van der Waals surface area contributed by atoms with Crippen molar-refractivity contribution in [3.63, 3.8) is 0 Å². The monoisotopic (exact) mass is 250 g/mol. The number of hydrogen-bond acceptors (Lipinski definition) is 3. The SMILES string of the molecule is O=C([O-])[C@@H]1CCCN(C(=O)c2ccc(F)cc2)C1. The van der Waals surface area contributed by atoms with E-state index in [1.807, 2.05) is 0 Å². The van der Waals surface area contributed by atoms with Crippen molar-refractivity contribution in [2.45, 2.75) is 12.8 Å². The summed E-state index contributed by atoms with van der Waals surface area (Å²) in [5.41, 5.74) is 0.371. The molecular formula is C13H13FNO3-. The lowest BCUT2D eigenvalue weighted by Gasteiger charge is -2.33. The van der Waals surface area contributed by atoms with Crippen LogP contribution >= 0.6 is 0 Å². The minimum atomic E-state index is -1.12. The molecule has 1 fully saturated rings. The Kier molecular flexibility index (Phi) is 3.60. The Balaban J connectivity index is 2.09. The minimum Gasteiger partial charge on any atom is -0.550 e. The van der Waals surface area contributed by atoms with E-state index in [2.05, 4.69) is 0 Å². The zero-order chi connectivity index (χ0) is 13.1. The van der Waals surface area contributed by atoms with Crippen LogP contribution in [-0.2, 0) is 4.79 Å². The number of rotatable bonds is 2. The lowest BCUT2D eigenvalue weighted by atomic mass is 9.97. The van der Waals surface area contributed by atoms with Crippen molar-refractivity contribution in [2.24, 2.45) is 5.92 Å². The van der Waals surface area contributed by atoms with Crippen LogP contribution in [0.4, 0.5) is 4.39 Å². The van der Waals surface area contributed by atoms with Gasteiger partial charge in [-0.2, -0.15) is 0 Å². The highest BCUT2D eigenvalue weighted by Gasteiger charge is 2.24. The second-order valence-corrected chi connectivity index (χ2v) is 4.42. The van der Waals surface area contributed by atoms with E-state index in [4.69, 9.17) is 0 Å². The molecule has 2 rings (SSSR count). The van der Waals surface area contributed by atoms with E-state index in [0.717, 1.165) is 0 Å². The van der Waals surface area contributed by atoms with E-state index in [1.165, 1.54) is 29.2 Å². The van der Waals surface area contributed by atoms with Gasteiger partial charge in [0, 0.05) is 30.5 Å². The highest BCUT2D eigenvalue weighted by Crippen LogP contribution is 2.18. The van der Waals surface area contributed by atoms with Gasteiger partial charge >= 0.3 is 0 Å². The van der Waals surface area contributed by atoms with Gasteiger partial charge in [-0.15, -0.1) is 0 Å². The van der Waals surface area contributed by atoms with Crippen molar-refractivity contribution in [3.05, 3.63) is 35.6 Å². The molecule has 0 radical (unpaired) electrons. The number of nitrogens with zero attached hydrogens (tertiary/aromatic N) is 1. The van der Waals surface area contributed by atoms with Crippen molar-refractivity contribution in [1.29, 1.82) is 0 Å². The lowest BCUT2D eigenvalue weighted by molar-refractivity contribution is -0.312. The number of aliphatic carboxylic acids is 1. The summed E-state index contributed by atoms with van der Waals surface area (Å²) in [6.45, 7) is 0.693. The van der Waals surface area contributed by atoms with Crippen LogP contribution in [0.2, 0.25) is 0 Å². The average molecular weight is 250 g/mol. The summed E-state index contributed by atoms with van der Waals surface area (Å²) in [6, 6.07) is 5.24. The van der Waals surface area contributed by atoms with Crippen LogP contribution in [0, 0.1) is 11.7 Å². The number of hydrogen-bond donors (Lipinski definition) is 0. The Morgan fingerprint density at radius 2 is 1.94 bits per heavy atom. The van der Waals surface area contributed by atoms with Gasteiger partial charge in [-0.3, -0.25) is 4.79 Å². The van der Waals surface area contributed by atoms with Crippen LogP contribution in [0.5, 0.6) is 0 Å². The minimum absolute atomic E-state index is 0.165. The molecule has 1 atom stereocenters. The number of carboxylic acid groups (broad SMARTS) is 1. The molecule has 0 saturated carbocycles. The maximum absolute atomic E-state index is 12.7. The second kappa shape index (κ2) is 5.16. The van der Waals surface area contributed by atoms with Gasteiger partial charge in [-0.05, 0) is 37.1 Å². The third kappa shape index (κ3) is 2.67. The predicted molar refractivity (Wildman–Crippen MR) is 60.0 cm³/mol. The van der Waals surface area contributed by atoms with E-state index >= 15 is 0 Å². The van der Waals surface area contributed by atoms with Gasteiger partial charge in [-0.25, -0.2) is 4.39 Å². The van der Waals surface area contributed by atoms with Crippen molar-refractivity contribution >= 4 is 11.9 Å². The molecule has 5 heteroatoms. The molecule has 1 aromatic rings. The van der Waals surface area contributed by atoms with Crippen molar-refractivity contribution in [1.82, 2.24) is 4.90 Å². The van der Waals surface area contributed by atoms with E-state index in [1.54, 1.807) is 0 Å². The average Bonchev–Trinajstić information content (AvgIpc) is 2.39. The molecule has 0 unspecified atom stereocenters. The zero-order valence-corrected chi connectivity index (χ0v) is 9.77. The molecule has 96 valence electrons. The number of benzene rings is 1. The summed E-state index contributed by atoms with van der Waals surface area (Å²) < 4.78 is 12.7. The van der Waals surface area contributed by atoms with Crippen LogP contribution in [-0.4, -0.2) is 29.9 Å². The number of piperidine rings is 1. The Hall–Kier alpha value is -1.91. The van der Waals surface area contributed by atoms with Gasteiger partial charge < -0.3 is 14.8 Å². The number of likely N-dealkylation sites (tertiary alicyclic amines) is 1. The van der Waals surface area contributed by atoms with Crippen molar-refractivity contribution in [2.75, 3.05) is 13.1 Å². The summed E-state index contributed by atoms with van der Waals surface area (Å²) in [6.07, 6.45) is 1.18. The number of halogens is 1. The molecule has 1 aromatic carbocycles. The summed E-state index contributed by atoms with van der Waals surface area (Å²) in [5.74, 6) is -2.39. The van der Waals surface area contributed by atoms with Crippen LogP contribution in [0.25, 0.3) is 0 Å². The lowest BCUT2D eigenvalue weighted by Crippen LogP contribution is -2.46. The Bertz CT molecular complexity index is 458. The van der Waals surface area contributed by atoms with Crippen LogP contribution in [0.1, 0.15) is 23.2 Å². The first-order chi connectivity index (χ1) is 8.58. The Labute approximate surface area is 104 Å². The third-order valence-electron chi connectivity index (χ3n) is 3.13. The zero-order valence-electron chi connectivity index (χ0n) is 9.77. The Morgan fingerprint density at radius 1 is 1.28 bits per heavy atom. The summed E-state index contributed by atoms with van der Waals surface area (Å²) in [7, 11) is 0. The molecule has 1 heterocycles. The summed E-state index contributed by atoms with van der Waals surface area (Å²) in [4.78, 5) is 24.4. The normalized spacial score (nSPS) is 19.6. The van der Waals surface area contributed by atoms with Crippen LogP contribution < -0.4 is 5.11 Å². The van der Waals surface area contributed by atoms with Gasteiger partial charge in [0.25, 0.3) is 5.91 Å². The van der Waals surface area contributed by atoms with E-state index in [0.29, 0.717) is 24.9 Å². The van der Waals surface area contributed by atoms with Gasteiger partial charge in [-0.1, -0.05) is 0 Å². The molecule has 4 nitrogen and oxygen atoms in total. The van der Waals surface area contributed by atoms with Gasteiger partial charge in [0.15, 0.2) is 0 Å². The number of carbonyl (C=O) groups is 2. The van der Waals surface area contributed by atoms with E-state index in [-0.39, 0.29) is 12.5 Å². The molecule has 1 saturated heterocycles. The fraction of sp³-hybridized carbons (Fsp3) is 0.385. The number of carbonyl (C=O) groups excluding carboxylic acids is 2. The fourth-order valence-electron chi connectivity index (χ4n) is 2.13. The molecule has 0 bridgehead atoms. The van der Waals surface area contributed by atoms with Crippen LogP contribution in [0.3, 0.4) is 0 Å². The molecule has 0 spiro atoms. The highest BCUT2D eigenvalue weighted by atomic mass is 19.1. The smallest absolute Gasteiger partial charge is 0.253 e. The molecular weight excluding hydrogens is 237 g/mol. The molecule has 1 aliphatic heterocycles. The topological polar surface area (TPSA) is 60.4 Å².